The van der Waals surface area contributed by atoms with Gasteiger partial charge in [0.1, 0.15) is 5.75 Å². The van der Waals surface area contributed by atoms with Gasteiger partial charge in [-0.2, -0.15) is 0 Å². The van der Waals surface area contributed by atoms with Crippen LogP contribution in [-0.4, -0.2) is 29.9 Å². The molecule has 4 heteroatoms. The van der Waals surface area contributed by atoms with Crippen LogP contribution in [0, 0.1) is 0 Å². The molecular weight excluding hydrogens is 230 g/mol. The number of hydrogen-bond donors (Lipinski definition) is 0. The normalized spacial score (nSPS) is 15.3. The lowest BCUT2D eigenvalue weighted by molar-refractivity contribution is -0.138. The standard InChI is InChI=1S/C14H15NO3/c1-9(2)15-13(16)8-12(14(15)17)10-4-6-11(18-3)7-5-10/h4-9H,1-3H3. The van der Waals surface area contributed by atoms with Gasteiger partial charge in [0.05, 0.1) is 12.7 Å². The molecule has 0 aliphatic carbocycles. The number of methoxy groups -OCH3 is 1. The molecule has 0 radical (unpaired) electrons. The second kappa shape index (κ2) is 4.64. The SMILES string of the molecule is COc1ccc(C2=CC(=O)N(C(C)C)C2=O)cc1. The molecule has 0 bridgehead atoms. The highest BCUT2D eigenvalue weighted by atomic mass is 16.5. The highest BCUT2D eigenvalue weighted by molar-refractivity contribution is 6.33. The molecular formula is C14H15NO3. The van der Waals surface area contributed by atoms with Gasteiger partial charge in [-0.1, -0.05) is 12.1 Å². The minimum atomic E-state index is -0.249. The number of nitrogens with zero attached hydrogens (tertiary/aromatic N) is 1. The fraction of sp³-hybridized carbons (Fsp3) is 0.286. The van der Waals surface area contributed by atoms with E-state index in [1.165, 1.54) is 11.0 Å². The predicted octanol–water partition coefficient (Wildman–Crippen LogP) is 1.86. The third-order valence-electron chi connectivity index (χ3n) is 2.87. The number of carbonyl (C=O) groups excluding carboxylic acids is 2. The fourth-order valence-corrected chi connectivity index (χ4v) is 1.95. The van der Waals surface area contributed by atoms with Crippen LogP contribution in [0.1, 0.15) is 19.4 Å². The second-order valence-corrected chi connectivity index (χ2v) is 4.39. The predicted molar refractivity (Wildman–Crippen MR) is 68.0 cm³/mol. The highest BCUT2D eigenvalue weighted by Gasteiger charge is 2.33. The monoisotopic (exact) mass is 245 g/mol. The molecule has 2 amide bonds. The Kier molecular flexibility index (Phi) is 3.19. The summed E-state index contributed by atoms with van der Waals surface area (Å²) in [5.41, 5.74) is 1.17. The molecule has 2 rings (SSSR count). The maximum Gasteiger partial charge on any atom is 0.261 e. The molecule has 0 saturated carbocycles. The van der Waals surface area contributed by atoms with Crippen molar-refractivity contribution in [2.24, 2.45) is 0 Å². The Labute approximate surface area is 106 Å². The Morgan fingerprint density at radius 2 is 1.72 bits per heavy atom. The molecule has 0 spiro atoms. The third-order valence-corrected chi connectivity index (χ3v) is 2.87. The van der Waals surface area contributed by atoms with E-state index in [1.54, 1.807) is 31.4 Å². The summed E-state index contributed by atoms with van der Waals surface area (Å²) >= 11 is 0. The van der Waals surface area contributed by atoms with Gasteiger partial charge in [-0.25, -0.2) is 0 Å². The lowest BCUT2D eigenvalue weighted by Gasteiger charge is -2.18. The van der Waals surface area contributed by atoms with Crippen LogP contribution < -0.4 is 4.74 Å². The van der Waals surface area contributed by atoms with Crippen LogP contribution >= 0.6 is 0 Å². The molecule has 1 heterocycles. The molecule has 0 unspecified atom stereocenters. The molecule has 94 valence electrons. The second-order valence-electron chi connectivity index (χ2n) is 4.39. The lowest BCUT2D eigenvalue weighted by Crippen LogP contribution is -2.36. The van der Waals surface area contributed by atoms with E-state index >= 15 is 0 Å². The van der Waals surface area contributed by atoms with Crippen LogP contribution in [0.2, 0.25) is 0 Å². The van der Waals surface area contributed by atoms with Crippen LogP contribution in [0.3, 0.4) is 0 Å². The zero-order valence-electron chi connectivity index (χ0n) is 10.6. The zero-order valence-corrected chi connectivity index (χ0v) is 10.6. The van der Waals surface area contributed by atoms with Crippen molar-refractivity contribution in [1.29, 1.82) is 0 Å². The molecule has 0 fully saturated rings. The van der Waals surface area contributed by atoms with Gasteiger partial charge in [0.2, 0.25) is 0 Å². The number of hydrogen-bond acceptors (Lipinski definition) is 3. The summed E-state index contributed by atoms with van der Waals surface area (Å²) in [4.78, 5) is 25.1. The number of rotatable bonds is 3. The van der Waals surface area contributed by atoms with Gasteiger partial charge < -0.3 is 4.74 Å². The summed E-state index contributed by atoms with van der Waals surface area (Å²) in [7, 11) is 1.58. The van der Waals surface area contributed by atoms with Gasteiger partial charge in [0.15, 0.2) is 0 Å². The van der Waals surface area contributed by atoms with Crippen LogP contribution in [0.4, 0.5) is 0 Å². The smallest absolute Gasteiger partial charge is 0.261 e. The summed E-state index contributed by atoms with van der Waals surface area (Å²) in [6.45, 7) is 3.64. The maximum absolute atomic E-state index is 12.1. The van der Waals surface area contributed by atoms with Crippen molar-refractivity contribution in [3.63, 3.8) is 0 Å². The van der Waals surface area contributed by atoms with Crippen LogP contribution in [0.5, 0.6) is 5.75 Å². The molecule has 1 aliphatic rings. The van der Waals surface area contributed by atoms with E-state index in [2.05, 4.69) is 0 Å². The van der Waals surface area contributed by atoms with E-state index in [0.717, 1.165) is 11.3 Å². The minimum absolute atomic E-state index is 0.128. The number of carbonyl (C=O) groups is 2. The van der Waals surface area contributed by atoms with E-state index < -0.39 is 0 Å². The van der Waals surface area contributed by atoms with E-state index in [1.807, 2.05) is 13.8 Å². The number of ether oxygens (including phenoxy) is 1. The largest absolute Gasteiger partial charge is 0.497 e. The number of imide groups is 1. The van der Waals surface area contributed by atoms with Crippen molar-refractivity contribution in [2.45, 2.75) is 19.9 Å². The molecule has 0 aromatic heterocycles. The minimum Gasteiger partial charge on any atom is -0.497 e. The molecule has 4 nitrogen and oxygen atoms in total. The first kappa shape index (κ1) is 12.4. The first-order valence-electron chi connectivity index (χ1n) is 5.78. The molecule has 0 N–H and O–H groups in total. The van der Waals surface area contributed by atoms with Gasteiger partial charge in [-0.3, -0.25) is 14.5 Å². The topological polar surface area (TPSA) is 46.6 Å². The van der Waals surface area contributed by atoms with Gasteiger partial charge in [0.25, 0.3) is 11.8 Å². The Morgan fingerprint density at radius 3 is 2.17 bits per heavy atom. The summed E-state index contributed by atoms with van der Waals surface area (Å²) in [6.07, 6.45) is 1.39. The van der Waals surface area contributed by atoms with E-state index in [9.17, 15) is 9.59 Å². The fourth-order valence-electron chi connectivity index (χ4n) is 1.95. The van der Waals surface area contributed by atoms with E-state index in [-0.39, 0.29) is 17.9 Å². The van der Waals surface area contributed by atoms with E-state index in [0.29, 0.717) is 5.57 Å². The van der Waals surface area contributed by atoms with Crippen LogP contribution in [-0.2, 0) is 9.59 Å². The van der Waals surface area contributed by atoms with Gasteiger partial charge in [-0.05, 0) is 31.5 Å². The zero-order chi connectivity index (χ0) is 13.3. The summed E-state index contributed by atoms with van der Waals surface area (Å²) in [5.74, 6) is 0.234. The van der Waals surface area contributed by atoms with Crippen molar-refractivity contribution >= 4 is 17.4 Å². The molecule has 0 atom stereocenters. The van der Waals surface area contributed by atoms with Crippen LogP contribution in [0.15, 0.2) is 30.3 Å². The Morgan fingerprint density at radius 1 is 1.11 bits per heavy atom. The Hall–Kier alpha value is -2.10. The van der Waals surface area contributed by atoms with Gasteiger partial charge in [-0.15, -0.1) is 0 Å². The maximum atomic E-state index is 12.1. The highest BCUT2D eigenvalue weighted by Crippen LogP contribution is 2.26. The lowest BCUT2D eigenvalue weighted by atomic mass is 10.1. The first-order valence-corrected chi connectivity index (χ1v) is 5.78. The number of amides is 2. The van der Waals surface area contributed by atoms with Crippen LogP contribution in [0.25, 0.3) is 5.57 Å². The van der Waals surface area contributed by atoms with Crippen molar-refractivity contribution in [3.8, 4) is 5.75 Å². The summed E-state index contributed by atoms with van der Waals surface area (Å²) < 4.78 is 5.06. The van der Waals surface area contributed by atoms with Crippen molar-refractivity contribution in [2.75, 3.05) is 7.11 Å². The molecule has 0 saturated heterocycles. The van der Waals surface area contributed by atoms with Gasteiger partial charge in [0, 0.05) is 12.1 Å². The Balaban J connectivity index is 2.32. The average molecular weight is 245 g/mol. The summed E-state index contributed by atoms with van der Waals surface area (Å²) in [6, 6.07) is 6.97. The quantitative estimate of drug-likeness (QED) is 0.763. The van der Waals surface area contributed by atoms with Crippen molar-refractivity contribution < 1.29 is 14.3 Å². The van der Waals surface area contributed by atoms with E-state index in [4.69, 9.17) is 4.74 Å². The summed E-state index contributed by atoms with van der Waals surface area (Å²) in [5, 5.41) is 0. The van der Waals surface area contributed by atoms with Gasteiger partial charge >= 0.3 is 0 Å². The van der Waals surface area contributed by atoms with Crippen molar-refractivity contribution in [3.05, 3.63) is 35.9 Å². The molecule has 18 heavy (non-hydrogen) atoms. The molecule has 1 aromatic rings. The molecule has 1 aromatic carbocycles. The Bertz CT molecular complexity index is 514. The molecule has 1 aliphatic heterocycles. The van der Waals surface area contributed by atoms with Crippen molar-refractivity contribution in [1.82, 2.24) is 4.90 Å². The third kappa shape index (κ3) is 2.01. The first-order chi connectivity index (χ1) is 8.54. The number of benzene rings is 1. The average Bonchev–Trinajstić information content (AvgIpc) is 2.65.